The first-order chi connectivity index (χ1) is 15.0. The summed E-state index contributed by atoms with van der Waals surface area (Å²) in [6, 6.07) is 8.17. The molecule has 1 heterocycles. The van der Waals surface area contributed by atoms with Gasteiger partial charge in [-0.1, -0.05) is 12.1 Å². The number of benzene rings is 1. The zero-order valence-corrected chi connectivity index (χ0v) is 18.4. The number of amides is 2. The summed E-state index contributed by atoms with van der Waals surface area (Å²) in [5, 5.41) is 6.28. The fourth-order valence-electron chi connectivity index (χ4n) is 3.82. The molecule has 0 radical (unpaired) electrons. The van der Waals surface area contributed by atoms with E-state index in [2.05, 4.69) is 22.5 Å². The zero-order valence-electron chi connectivity index (χ0n) is 18.4. The van der Waals surface area contributed by atoms with Gasteiger partial charge in [-0.3, -0.25) is 14.6 Å². The Morgan fingerprint density at radius 3 is 2.68 bits per heavy atom. The van der Waals surface area contributed by atoms with Crippen LogP contribution in [-0.4, -0.2) is 61.5 Å². The number of carbonyl (C=O) groups is 2. The minimum atomic E-state index is -0.232. The second-order valence-corrected chi connectivity index (χ2v) is 8.38. The predicted octanol–water partition coefficient (Wildman–Crippen LogP) is 1.44. The molecular formula is C23H35N5O3. The van der Waals surface area contributed by atoms with Crippen LogP contribution in [0.25, 0.3) is 0 Å². The van der Waals surface area contributed by atoms with Gasteiger partial charge < -0.3 is 26.0 Å². The van der Waals surface area contributed by atoms with Gasteiger partial charge in [-0.05, 0) is 62.6 Å². The van der Waals surface area contributed by atoms with Gasteiger partial charge >= 0.3 is 0 Å². The van der Waals surface area contributed by atoms with E-state index in [9.17, 15) is 9.59 Å². The van der Waals surface area contributed by atoms with E-state index in [0.717, 1.165) is 57.7 Å². The average molecular weight is 430 g/mol. The molecule has 0 aromatic heterocycles. The van der Waals surface area contributed by atoms with Crippen LogP contribution in [0.2, 0.25) is 0 Å². The highest BCUT2D eigenvalue weighted by atomic mass is 16.5. The van der Waals surface area contributed by atoms with Gasteiger partial charge in [0, 0.05) is 38.6 Å². The minimum absolute atomic E-state index is 0.0543. The van der Waals surface area contributed by atoms with E-state index in [1.165, 1.54) is 5.56 Å². The topological polar surface area (TPSA) is 109 Å². The molecule has 3 rings (SSSR count). The van der Waals surface area contributed by atoms with Crippen molar-refractivity contribution in [3.63, 3.8) is 0 Å². The third-order valence-electron chi connectivity index (χ3n) is 5.54. The first-order valence-corrected chi connectivity index (χ1v) is 11.4. The fraction of sp³-hybridized carbons (Fsp3) is 0.609. The molecule has 1 aliphatic heterocycles. The van der Waals surface area contributed by atoms with Gasteiger partial charge in [0.25, 0.3) is 5.91 Å². The van der Waals surface area contributed by atoms with Crippen molar-refractivity contribution in [3.05, 3.63) is 29.8 Å². The first kappa shape index (κ1) is 22.9. The maximum atomic E-state index is 11.7. The maximum Gasteiger partial charge on any atom is 0.258 e. The molecule has 1 aromatic rings. The largest absolute Gasteiger partial charge is 0.484 e. The van der Waals surface area contributed by atoms with Gasteiger partial charge in [-0.25, -0.2) is 0 Å². The Labute approximate surface area is 184 Å². The minimum Gasteiger partial charge on any atom is -0.484 e. The highest BCUT2D eigenvalue weighted by Gasteiger charge is 2.24. The normalized spacial score (nSPS) is 19.1. The lowest BCUT2D eigenvalue weighted by atomic mass is 9.95. The molecule has 0 spiro atoms. The van der Waals surface area contributed by atoms with E-state index >= 15 is 0 Å². The van der Waals surface area contributed by atoms with Crippen molar-refractivity contribution in [1.82, 2.24) is 15.5 Å². The molecule has 1 atom stereocenters. The van der Waals surface area contributed by atoms with Crippen molar-refractivity contribution in [2.45, 2.75) is 51.5 Å². The Bertz CT molecular complexity index is 761. The van der Waals surface area contributed by atoms with Crippen LogP contribution in [0.1, 0.15) is 44.6 Å². The lowest BCUT2D eigenvalue weighted by molar-refractivity contribution is -0.123. The van der Waals surface area contributed by atoms with Crippen molar-refractivity contribution in [2.75, 3.05) is 32.8 Å². The zero-order chi connectivity index (χ0) is 22.1. The molecule has 1 saturated carbocycles. The molecule has 8 nitrogen and oxygen atoms in total. The van der Waals surface area contributed by atoms with Crippen molar-refractivity contribution in [3.8, 4) is 5.75 Å². The lowest BCUT2D eigenvalue weighted by Gasteiger charge is -2.34. The summed E-state index contributed by atoms with van der Waals surface area (Å²) in [4.78, 5) is 30.0. The Morgan fingerprint density at radius 1 is 1.23 bits per heavy atom. The summed E-state index contributed by atoms with van der Waals surface area (Å²) in [5.41, 5.74) is 6.55. The van der Waals surface area contributed by atoms with Crippen molar-refractivity contribution >= 4 is 17.8 Å². The van der Waals surface area contributed by atoms with Crippen molar-refractivity contribution < 1.29 is 14.3 Å². The van der Waals surface area contributed by atoms with Crippen LogP contribution < -0.4 is 21.1 Å². The highest BCUT2D eigenvalue weighted by Crippen LogP contribution is 2.20. The molecule has 2 aliphatic rings. The molecule has 2 amide bonds. The van der Waals surface area contributed by atoms with Gasteiger partial charge in [0.1, 0.15) is 5.75 Å². The number of carbonyl (C=O) groups excluding carboxylic acids is 2. The number of guanidine groups is 1. The molecule has 170 valence electrons. The van der Waals surface area contributed by atoms with Gasteiger partial charge in [-0.2, -0.15) is 0 Å². The average Bonchev–Trinajstić information content (AvgIpc) is 3.56. The summed E-state index contributed by atoms with van der Waals surface area (Å²) in [6.07, 6.45) is 5.48. The van der Waals surface area contributed by atoms with Gasteiger partial charge in [0.2, 0.25) is 5.91 Å². The highest BCUT2D eigenvalue weighted by molar-refractivity contribution is 5.80. The number of nitrogens with two attached hydrogens (primary N) is 1. The second kappa shape index (κ2) is 11.6. The molecule has 2 fully saturated rings. The Kier molecular flexibility index (Phi) is 8.55. The van der Waals surface area contributed by atoms with Crippen LogP contribution in [0.15, 0.2) is 29.3 Å². The van der Waals surface area contributed by atoms with E-state index in [4.69, 9.17) is 15.5 Å². The van der Waals surface area contributed by atoms with E-state index < -0.39 is 0 Å². The maximum absolute atomic E-state index is 11.7. The van der Waals surface area contributed by atoms with E-state index in [1.807, 2.05) is 24.3 Å². The van der Waals surface area contributed by atoms with Crippen LogP contribution in [-0.2, 0) is 16.0 Å². The third kappa shape index (κ3) is 8.11. The number of primary amides is 1. The number of hydrogen-bond donors (Lipinski definition) is 3. The van der Waals surface area contributed by atoms with Crippen LogP contribution in [0.3, 0.4) is 0 Å². The Hall–Kier alpha value is -2.77. The first-order valence-electron chi connectivity index (χ1n) is 11.4. The SMILES string of the molecule is CCNC(=NCCc1ccc(OCC(=O)NC2CC2)cc1)N1CCCC(CC(N)=O)C1. The number of likely N-dealkylation sites (tertiary alicyclic amines) is 1. The monoisotopic (exact) mass is 429 g/mol. The molecule has 0 bridgehead atoms. The standard InChI is InChI=1S/C23H35N5O3/c1-2-25-23(28-13-3-4-18(15-28)14-21(24)29)26-12-11-17-5-9-20(10-6-17)31-16-22(30)27-19-7-8-19/h5-6,9-10,18-19H,2-4,7-8,11-16H2,1H3,(H2,24,29)(H,25,26)(H,27,30). The van der Waals surface area contributed by atoms with Gasteiger partial charge in [0.05, 0.1) is 0 Å². The van der Waals surface area contributed by atoms with Crippen LogP contribution in [0.4, 0.5) is 0 Å². The number of ether oxygens (including phenoxy) is 1. The van der Waals surface area contributed by atoms with E-state index in [-0.39, 0.29) is 18.4 Å². The fourth-order valence-corrected chi connectivity index (χ4v) is 3.82. The van der Waals surface area contributed by atoms with Crippen LogP contribution in [0, 0.1) is 5.92 Å². The number of nitrogens with zero attached hydrogens (tertiary/aromatic N) is 2. The van der Waals surface area contributed by atoms with E-state index in [1.54, 1.807) is 0 Å². The van der Waals surface area contributed by atoms with E-state index in [0.29, 0.717) is 30.7 Å². The second-order valence-electron chi connectivity index (χ2n) is 8.38. The number of hydrogen-bond acceptors (Lipinski definition) is 4. The molecule has 1 unspecified atom stereocenters. The summed E-state index contributed by atoms with van der Waals surface area (Å²) >= 11 is 0. The quantitative estimate of drug-likeness (QED) is 0.385. The number of nitrogens with one attached hydrogen (secondary N) is 2. The molecule has 1 aliphatic carbocycles. The number of aliphatic imine (C=N–C) groups is 1. The van der Waals surface area contributed by atoms with Gasteiger partial charge in [0.15, 0.2) is 12.6 Å². The van der Waals surface area contributed by atoms with Crippen molar-refractivity contribution in [1.29, 1.82) is 0 Å². The van der Waals surface area contributed by atoms with Gasteiger partial charge in [-0.15, -0.1) is 0 Å². The summed E-state index contributed by atoms with van der Waals surface area (Å²) in [5.74, 6) is 1.60. The molecule has 1 saturated heterocycles. The molecule has 31 heavy (non-hydrogen) atoms. The number of rotatable bonds is 10. The summed E-state index contributed by atoms with van der Waals surface area (Å²) in [6.45, 7) is 5.35. The predicted molar refractivity (Wildman–Crippen MR) is 121 cm³/mol. The Balaban J connectivity index is 1.46. The summed E-state index contributed by atoms with van der Waals surface area (Å²) in [7, 11) is 0. The molecule has 1 aromatic carbocycles. The molecular weight excluding hydrogens is 394 g/mol. The van der Waals surface area contributed by atoms with Crippen molar-refractivity contribution in [2.24, 2.45) is 16.6 Å². The Morgan fingerprint density at radius 2 is 2.00 bits per heavy atom. The lowest BCUT2D eigenvalue weighted by Crippen LogP contribution is -2.47. The van der Waals surface area contributed by atoms with Crippen LogP contribution >= 0.6 is 0 Å². The molecule has 8 heteroatoms. The van der Waals surface area contributed by atoms with Crippen LogP contribution in [0.5, 0.6) is 5.75 Å². The smallest absolute Gasteiger partial charge is 0.258 e. The number of piperidine rings is 1. The summed E-state index contributed by atoms with van der Waals surface area (Å²) < 4.78 is 5.55. The molecule has 4 N–H and O–H groups in total. The third-order valence-corrected chi connectivity index (χ3v) is 5.54.